The molecule has 0 saturated carbocycles. The van der Waals surface area contributed by atoms with Crippen molar-refractivity contribution in [3.63, 3.8) is 0 Å². The third-order valence-corrected chi connectivity index (χ3v) is 2.84. The van der Waals surface area contributed by atoms with Crippen LogP contribution in [0.25, 0.3) is 0 Å². The number of hydrogen-bond acceptors (Lipinski definition) is 4. The van der Waals surface area contributed by atoms with E-state index in [0.717, 1.165) is 0 Å². The maximum absolute atomic E-state index is 9.96. The van der Waals surface area contributed by atoms with Gasteiger partial charge in [0, 0.05) is 19.8 Å². The summed E-state index contributed by atoms with van der Waals surface area (Å²) in [5, 5.41) is 19.5. The minimum Gasteiger partial charge on any atom is -0.389 e. The summed E-state index contributed by atoms with van der Waals surface area (Å²) < 4.78 is 10.3. The highest BCUT2D eigenvalue weighted by molar-refractivity contribution is 6.18. The fraction of sp³-hybridized carbons (Fsp3) is 0.500. The maximum atomic E-state index is 9.96. The standard InChI is InChI=1S/C12H17ClO4/c1-16-12(17-2)9-6-4-3-5-8(9)11(15)10(14)7-13/h3-6,10-12,14-15H,7H2,1-2H3. The Labute approximate surface area is 106 Å². The summed E-state index contributed by atoms with van der Waals surface area (Å²) in [5.74, 6) is -0.0415. The van der Waals surface area contributed by atoms with Gasteiger partial charge < -0.3 is 19.7 Å². The van der Waals surface area contributed by atoms with Gasteiger partial charge in [0.25, 0.3) is 0 Å². The van der Waals surface area contributed by atoms with Crippen LogP contribution in [-0.2, 0) is 9.47 Å². The molecule has 2 atom stereocenters. The molecule has 2 unspecified atom stereocenters. The normalized spacial score (nSPS) is 14.9. The molecule has 2 N–H and O–H groups in total. The highest BCUT2D eigenvalue weighted by Crippen LogP contribution is 2.28. The molecule has 0 bridgehead atoms. The Hall–Kier alpha value is -0.650. The van der Waals surface area contributed by atoms with Crippen molar-refractivity contribution >= 4 is 11.6 Å². The summed E-state index contributed by atoms with van der Waals surface area (Å²) in [4.78, 5) is 0. The van der Waals surface area contributed by atoms with E-state index in [9.17, 15) is 10.2 Å². The highest BCUT2D eigenvalue weighted by atomic mass is 35.5. The molecule has 17 heavy (non-hydrogen) atoms. The molecule has 0 radical (unpaired) electrons. The number of hydrogen-bond donors (Lipinski definition) is 2. The fourth-order valence-corrected chi connectivity index (χ4v) is 1.81. The second-order valence-electron chi connectivity index (χ2n) is 3.60. The van der Waals surface area contributed by atoms with Crippen LogP contribution >= 0.6 is 11.6 Å². The maximum Gasteiger partial charge on any atom is 0.183 e. The molecular weight excluding hydrogens is 244 g/mol. The van der Waals surface area contributed by atoms with Gasteiger partial charge in [-0.15, -0.1) is 11.6 Å². The van der Waals surface area contributed by atoms with E-state index in [0.29, 0.717) is 11.1 Å². The molecule has 1 aromatic carbocycles. The van der Waals surface area contributed by atoms with E-state index in [-0.39, 0.29) is 5.88 Å². The van der Waals surface area contributed by atoms with Crippen LogP contribution in [0.15, 0.2) is 24.3 Å². The van der Waals surface area contributed by atoms with E-state index >= 15 is 0 Å². The number of halogens is 1. The summed E-state index contributed by atoms with van der Waals surface area (Å²) in [6.07, 6.45) is -2.66. The summed E-state index contributed by atoms with van der Waals surface area (Å²) >= 11 is 5.52. The van der Waals surface area contributed by atoms with Crippen molar-refractivity contribution in [2.75, 3.05) is 20.1 Å². The average Bonchev–Trinajstić information content (AvgIpc) is 2.39. The van der Waals surface area contributed by atoms with Gasteiger partial charge in [-0.1, -0.05) is 24.3 Å². The van der Waals surface area contributed by atoms with E-state index in [1.807, 2.05) is 6.07 Å². The van der Waals surface area contributed by atoms with Crippen LogP contribution in [0.3, 0.4) is 0 Å². The molecule has 0 heterocycles. The molecule has 4 nitrogen and oxygen atoms in total. The number of aliphatic hydroxyl groups is 2. The van der Waals surface area contributed by atoms with Crippen LogP contribution in [0.2, 0.25) is 0 Å². The molecule has 0 amide bonds. The minimum absolute atomic E-state index is 0.0415. The van der Waals surface area contributed by atoms with Gasteiger partial charge in [0.15, 0.2) is 6.29 Å². The molecule has 0 saturated heterocycles. The third kappa shape index (κ3) is 3.40. The molecule has 0 aliphatic heterocycles. The molecule has 0 aliphatic rings. The predicted molar refractivity (Wildman–Crippen MR) is 64.9 cm³/mol. The van der Waals surface area contributed by atoms with Gasteiger partial charge in [0.1, 0.15) is 6.10 Å². The SMILES string of the molecule is COC(OC)c1ccccc1C(O)C(O)CCl. The molecule has 5 heteroatoms. The number of ether oxygens (including phenoxy) is 2. The van der Waals surface area contributed by atoms with Crippen molar-refractivity contribution in [3.05, 3.63) is 35.4 Å². The van der Waals surface area contributed by atoms with Crippen molar-refractivity contribution in [2.45, 2.75) is 18.5 Å². The zero-order valence-corrected chi connectivity index (χ0v) is 10.6. The van der Waals surface area contributed by atoms with Crippen LogP contribution in [0.4, 0.5) is 0 Å². The first kappa shape index (κ1) is 14.4. The average molecular weight is 261 g/mol. The molecule has 0 spiro atoms. The van der Waals surface area contributed by atoms with E-state index < -0.39 is 18.5 Å². The van der Waals surface area contributed by atoms with E-state index in [2.05, 4.69) is 0 Å². The summed E-state index contributed by atoms with van der Waals surface area (Å²) in [6, 6.07) is 7.06. The molecule has 1 rings (SSSR count). The lowest BCUT2D eigenvalue weighted by atomic mass is 9.99. The molecule has 96 valence electrons. The topological polar surface area (TPSA) is 58.9 Å². The second-order valence-corrected chi connectivity index (χ2v) is 3.91. The van der Waals surface area contributed by atoms with Crippen molar-refractivity contribution in [3.8, 4) is 0 Å². The number of aliphatic hydroxyl groups excluding tert-OH is 2. The zero-order valence-electron chi connectivity index (χ0n) is 9.84. The first-order valence-corrected chi connectivity index (χ1v) is 5.75. The Morgan fingerprint density at radius 2 is 1.65 bits per heavy atom. The quantitative estimate of drug-likeness (QED) is 0.603. The predicted octanol–water partition coefficient (Wildman–Crippen LogP) is 1.61. The molecule has 1 aromatic rings. The van der Waals surface area contributed by atoms with Crippen LogP contribution in [0.5, 0.6) is 0 Å². The van der Waals surface area contributed by atoms with Crippen molar-refractivity contribution in [2.24, 2.45) is 0 Å². The van der Waals surface area contributed by atoms with Crippen LogP contribution in [0, 0.1) is 0 Å². The summed E-state index contributed by atoms with van der Waals surface area (Å²) in [5.41, 5.74) is 1.23. The minimum atomic E-state index is -1.06. The largest absolute Gasteiger partial charge is 0.389 e. The van der Waals surface area contributed by atoms with E-state index in [1.165, 1.54) is 14.2 Å². The lowest BCUT2D eigenvalue weighted by Gasteiger charge is -2.22. The van der Waals surface area contributed by atoms with Crippen LogP contribution < -0.4 is 0 Å². The molecular formula is C12H17ClO4. The Morgan fingerprint density at radius 1 is 1.12 bits per heavy atom. The van der Waals surface area contributed by atoms with Gasteiger partial charge in [-0.3, -0.25) is 0 Å². The number of benzene rings is 1. The lowest BCUT2D eigenvalue weighted by Crippen LogP contribution is -2.22. The first-order valence-electron chi connectivity index (χ1n) is 5.22. The van der Waals surface area contributed by atoms with Gasteiger partial charge in [0.2, 0.25) is 0 Å². The lowest BCUT2D eigenvalue weighted by molar-refractivity contribution is -0.108. The monoisotopic (exact) mass is 260 g/mol. The Morgan fingerprint density at radius 3 is 2.12 bits per heavy atom. The fourth-order valence-electron chi connectivity index (χ4n) is 1.64. The number of rotatable bonds is 6. The van der Waals surface area contributed by atoms with E-state index in [1.54, 1.807) is 18.2 Å². The summed E-state index contributed by atoms with van der Waals surface area (Å²) in [7, 11) is 3.02. The number of alkyl halides is 1. The Balaban J connectivity index is 3.06. The summed E-state index contributed by atoms with van der Waals surface area (Å²) in [6.45, 7) is 0. The van der Waals surface area contributed by atoms with Gasteiger partial charge in [-0.25, -0.2) is 0 Å². The van der Waals surface area contributed by atoms with Gasteiger partial charge in [-0.05, 0) is 5.56 Å². The van der Waals surface area contributed by atoms with Crippen LogP contribution in [-0.4, -0.2) is 36.4 Å². The highest BCUT2D eigenvalue weighted by Gasteiger charge is 2.23. The first-order chi connectivity index (χ1) is 8.15. The second kappa shape index (κ2) is 6.93. The Bertz CT molecular complexity index is 341. The van der Waals surface area contributed by atoms with Crippen molar-refractivity contribution < 1.29 is 19.7 Å². The van der Waals surface area contributed by atoms with Crippen LogP contribution in [0.1, 0.15) is 23.5 Å². The zero-order chi connectivity index (χ0) is 12.8. The number of methoxy groups -OCH3 is 2. The Kier molecular flexibility index (Phi) is 5.88. The van der Waals surface area contributed by atoms with Gasteiger partial charge in [0.05, 0.1) is 12.0 Å². The third-order valence-electron chi connectivity index (χ3n) is 2.52. The molecule has 0 fully saturated rings. The van der Waals surface area contributed by atoms with Crippen molar-refractivity contribution in [1.82, 2.24) is 0 Å². The molecule has 0 aliphatic carbocycles. The van der Waals surface area contributed by atoms with E-state index in [4.69, 9.17) is 21.1 Å². The smallest absolute Gasteiger partial charge is 0.183 e. The van der Waals surface area contributed by atoms with Crippen molar-refractivity contribution in [1.29, 1.82) is 0 Å². The van der Waals surface area contributed by atoms with Gasteiger partial charge >= 0.3 is 0 Å². The van der Waals surface area contributed by atoms with Gasteiger partial charge in [-0.2, -0.15) is 0 Å². The molecule has 0 aromatic heterocycles.